The third-order valence-corrected chi connectivity index (χ3v) is 9.13. The first-order valence-corrected chi connectivity index (χ1v) is 15.5. The molecule has 6 heterocycles. The lowest BCUT2D eigenvalue weighted by Gasteiger charge is -2.42. The monoisotopic (exact) mass is 584 g/mol. The number of aromatic nitrogens is 6. The molecule has 3 aromatic heterocycles. The van der Waals surface area contributed by atoms with Gasteiger partial charge in [0.1, 0.15) is 11.8 Å². The normalized spacial score (nSPS) is 24.0. The highest BCUT2D eigenvalue weighted by Crippen LogP contribution is 2.39. The molecule has 1 N–H and O–H groups in total. The maximum atomic E-state index is 12.9. The summed E-state index contributed by atoms with van der Waals surface area (Å²) < 4.78 is 13.6. The zero-order valence-corrected chi connectivity index (χ0v) is 25.4. The Kier molecular flexibility index (Phi) is 7.07. The summed E-state index contributed by atoms with van der Waals surface area (Å²) in [6.45, 7) is 6.54. The molecule has 1 aromatic carbocycles. The zero-order valence-electron chi connectivity index (χ0n) is 25.4. The number of H-pyrrole nitrogens is 1. The Labute approximate surface area is 251 Å². The van der Waals surface area contributed by atoms with E-state index >= 15 is 0 Å². The van der Waals surface area contributed by atoms with Crippen LogP contribution < -0.4 is 4.90 Å². The van der Waals surface area contributed by atoms with Crippen LogP contribution in [0.25, 0.3) is 33.3 Å². The molecule has 2 unspecified atom stereocenters. The van der Waals surface area contributed by atoms with Crippen LogP contribution in [0.1, 0.15) is 71.9 Å². The summed E-state index contributed by atoms with van der Waals surface area (Å²) in [6, 6.07) is 8.93. The summed E-state index contributed by atoms with van der Waals surface area (Å²) in [4.78, 5) is 17.1. The summed E-state index contributed by atoms with van der Waals surface area (Å²) in [5.74, 6) is 0.830. The number of nitrogens with zero attached hydrogens (tertiary/aromatic N) is 7. The number of amides is 1. The molecule has 11 heteroatoms. The first kappa shape index (κ1) is 27.8. The average Bonchev–Trinajstić information content (AvgIpc) is 3.74. The number of hydrogen-bond acceptors (Lipinski definition) is 8. The van der Waals surface area contributed by atoms with E-state index in [1.54, 1.807) is 0 Å². The smallest absolute Gasteiger partial charge is 0.410 e. The van der Waals surface area contributed by atoms with Gasteiger partial charge in [0.15, 0.2) is 5.82 Å². The second kappa shape index (κ2) is 10.9. The highest BCUT2D eigenvalue weighted by atomic mass is 16.6. The molecule has 7 rings (SSSR count). The molecule has 0 aliphatic carbocycles. The molecule has 1 amide bonds. The van der Waals surface area contributed by atoms with Crippen LogP contribution >= 0.6 is 0 Å². The van der Waals surface area contributed by atoms with E-state index in [1.807, 2.05) is 54.9 Å². The first-order valence-electron chi connectivity index (χ1n) is 15.5. The van der Waals surface area contributed by atoms with E-state index in [9.17, 15) is 4.79 Å². The van der Waals surface area contributed by atoms with Crippen molar-refractivity contribution < 1.29 is 14.3 Å². The van der Waals surface area contributed by atoms with Gasteiger partial charge in [0.05, 0.1) is 23.6 Å². The van der Waals surface area contributed by atoms with Gasteiger partial charge in [-0.05, 0) is 77.8 Å². The van der Waals surface area contributed by atoms with E-state index in [0.29, 0.717) is 0 Å². The van der Waals surface area contributed by atoms with Crippen LogP contribution in [0.4, 0.5) is 10.6 Å². The van der Waals surface area contributed by atoms with Crippen LogP contribution in [0, 0.1) is 0 Å². The standard InChI is InChI=1S/C32H40N8O3/c1-32(2,3)43-31(41)40-21-8-9-22(40)16-23(15-21)38(4)28-13-12-27(35-36-28)25-11-10-24(30-26(25)18-33-37-30)20-17-34-39(19-20)29-7-5-6-14-42-29/h10-13,17-19,21-23,29H,5-9,14-16H2,1-4H3,(H,33,37)/t21-,22+,23?,29?. The topological polar surface area (TPSA) is 114 Å². The van der Waals surface area contributed by atoms with E-state index in [1.165, 1.54) is 0 Å². The predicted octanol–water partition coefficient (Wildman–Crippen LogP) is 5.95. The molecule has 3 saturated heterocycles. The number of hydrogen-bond donors (Lipinski definition) is 1. The van der Waals surface area contributed by atoms with Gasteiger partial charge in [-0.15, -0.1) is 10.2 Å². The van der Waals surface area contributed by atoms with Crippen LogP contribution in [0.5, 0.6) is 0 Å². The Morgan fingerprint density at radius 3 is 2.51 bits per heavy atom. The van der Waals surface area contributed by atoms with Gasteiger partial charge in [-0.25, -0.2) is 9.48 Å². The van der Waals surface area contributed by atoms with Gasteiger partial charge in [0.2, 0.25) is 0 Å². The van der Waals surface area contributed by atoms with Gasteiger partial charge in [0, 0.05) is 60.1 Å². The number of benzene rings is 1. The Morgan fingerprint density at radius 1 is 1.02 bits per heavy atom. The van der Waals surface area contributed by atoms with Crippen molar-refractivity contribution in [2.24, 2.45) is 0 Å². The maximum Gasteiger partial charge on any atom is 0.410 e. The van der Waals surface area contributed by atoms with E-state index in [0.717, 1.165) is 90.7 Å². The minimum Gasteiger partial charge on any atom is -0.444 e. The Balaban J connectivity index is 1.07. The highest BCUT2D eigenvalue weighted by molar-refractivity contribution is 6.01. The fourth-order valence-electron chi connectivity index (χ4n) is 6.99. The molecule has 4 atom stereocenters. The quantitative estimate of drug-likeness (QED) is 0.306. The number of rotatable bonds is 5. The number of nitrogens with one attached hydrogen (secondary N) is 1. The number of aromatic amines is 1. The third-order valence-electron chi connectivity index (χ3n) is 9.13. The van der Waals surface area contributed by atoms with Gasteiger partial charge in [-0.2, -0.15) is 10.2 Å². The van der Waals surface area contributed by atoms with E-state index in [4.69, 9.17) is 9.47 Å². The molecule has 11 nitrogen and oxygen atoms in total. The molecular weight excluding hydrogens is 544 g/mol. The lowest BCUT2D eigenvalue weighted by atomic mass is 9.96. The molecule has 0 radical (unpaired) electrons. The number of fused-ring (bicyclic) bond motifs is 3. The Bertz CT molecular complexity index is 1590. The second-order valence-corrected chi connectivity index (χ2v) is 13.1. The molecule has 3 aliphatic rings. The fraction of sp³-hybridized carbons (Fsp3) is 0.531. The predicted molar refractivity (Wildman–Crippen MR) is 163 cm³/mol. The van der Waals surface area contributed by atoms with Crippen LogP contribution in [-0.4, -0.2) is 78.5 Å². The Morgan fingerprint density at radius 2 is 1.81 bits per heavy atom. The van der Waals surface area contributed by atoms with Crippen molar-refractivity contribution in [2.45, 2.75) is 95.7 Å². The van der Waals surface area contributed by atoms with Gasteiger partial charge < -0.3 is 19.3 Å². The first-order chi connectivity index (χ1) is 20.7. The number of piperidine rings is 1. The Hall–Kier alpha value is -3.99. The van der Waals surface area contributed by atoms with Crippen molar-refractivity contribution in [3.63, 3.8) is 0 Å². The van der Waals surface area contributed by atoms with E-state index in [-0.39, 0.29) is 30.4 Å². The van der Waals surface area contributed by atoms with E-state index < -0.39 is 5.60 Å². The molecule has 3 aliphatic heterocycles. The number of carbonyl (C=O) groups is 1. The largest absolute Gasteiger partial charge is 0.444 e. The molecule has 2 bridgehead atoms. The van der Waals surface area contributed by atoms with Crippen LogP contribution in [0.15, 0.2) is 42.9 Å². The zero-order chi connectivity index (χ0) is 29.7. The van der Waals surface area contributed by atoms with Crippen molar-refractivity contribution in [1.82, 2.24) is 35.1 Å². The van der Waals surface area contributed by atoms with Crippen molar-refractivity contribution in [1.29, 1.82) is 0 Å². The highest BCUT2D eigenvalue weighted by Gasteiger charge is 2.46. The molecule has 3 fully saturated rings. The average molecular weight is 585 g/mol. The van der Waals surface area contributed by atoms with Gasteiger partial charge in [-0.1, -0.05) is 12.1 Å². The third kappa shape index (κ3) is 5.35. The molecule has 226 valence electrons. The van der Waals surface area contributed by atoms with Crippen LogP contribution in [0.2, 0.25) is 0 Å². The minimum atomic E-state index is -0.489. The maximum absolute atomic E-state index is 12.9. The molecular formula is C32H40N8O3. The number of anilines is 1. The van der Waals surface area contributed by atoms with Crippen molar-refractivity contribution in [3.05, 3.63) is 42.9 Å². The lowest BCUT2D eigenvalue weighted by molar-refractivity contribution is -0.0394. The van der Waals surface area contributed by atoms with Crippen molar-refractivity contribution in [3.8, 4) is 22.4 Å². The van der Waals surface area contributed by atoms with Crippen molar-refractivity contribution >= 4 is 22.8 Å². The fourth-order valence-corrected chi connectivity index (χ4v) is 6.99. The minimum absolute atomic E-state index is 0.00126. The summed E-state index contributed by atoms with van der Waals surface area (Å²) in [5.41, 5.74) is 4.27. The summed E-state index contributed by atoms with van der Waals surface area (Å²) in [6.07, 6.45) is 12.7. The second-order valence-electron chi connectivity index (χ2n) is 13.1. The summed E-state index contributed by atoms with van der Waals surface area (Å²) >= 11 is 0. The van der Waals surface area contributed by atoms with Gasteiger partial charge >= 0.3 is 6.09 Å². The number of carbonyl (C=O) groups excluding carboxylic acids is 1. The summed E-state index contributed by atoms with van der Waals surface area (Å²) in [7, 11) is 2.08. The molecule has 0 spiro atoms. The SMILES string of the molecule is CN(c1ccc(-c2ccc(-c3cnn(C4CCCCO4)c3)c3[nH]ncc23)nn1)C1C[C@H]2CC[C@@H](C1)N2C(=O)OC(C)(C)C. The number of ether oxygens (including phenoxy) is 2. The van der Waals surface area contributed by atoms with Crippen LogP contribution in [-0.2, 0) is 9.47 Å². The van der Waals surface area contributed by atoms with Gasteiger partial charge in [0.25, 0.3) is 0 Å². The lowest BCUT2D eigenvalue weighted by Crippen LogP contribution is -2.53. The van der Waals surface area contributed by atoms with Crippen LogP contribution in [0.3, 0.4) is 0 Å². The molecule has 4 aromatic rings. The summed E-state index contributed by atoms with van der Waals surface area (Å²) in [5, 5.41) is 22.4. The van der Waals surface area contributed by atoms with Crippen molar-refractivity contribution in [2.75, 3.05) is 18.6 Å². The molecule has 43 heavy (non-hydrogen) atoms. The van der Waals surface area contributed by atoms with E-state index in [2.05, 4.69) is 55.8 Å². The molecule has 0 saturated carbocycles. The van der Waals surface area contributed by atoms with Gasteiger partial charge in [-0.3, -0.25) is 5.10 Å².